The van der Waals surface area contributed by atoms with Gasteiger partial charge in [-0.2, -0.15) is 0 Å². The number of halogens is 2. The van der Waals surface area contributed by atoms with Crippen molar-refractivity contribution in [3.63, 3.8) is 0 Å². The second-order valence-corrected chi connectivity index (χ2v) is 6.36. The van der Waals surface area contributed by atoms with Crippen LogP contribution in [0.3, 0.4) is 0 Å². The summed E-state index contributed by atoms with van der Waals surface area (Å²) in [6.07, 6.45) is 3.49. The first-order chi connectivity index (χ1) is 11.0. The molecule has 0 bridgehead atoms. The molecule has 1 aliphatic rings. The van der Waals surface area contributed by atoms with Crippen LogP contribution in [0.25, 0.3) is 0 Å². The van der Waals surface area contributed by atoms with Crippen LogP contribution in [0.15, 0.2) is 18.2 Å². The summed E-state index contributed by atoms with van der Waals surface area (Å²) in [4.78, 5) is 26.1. The predicted octanol–water partition coefficient (Wildman–Crippen LogP) is 3.10. The Kier molecular flexibility index (Phi) is 6.39. The van der Waals surface area contributed by atoms with Crippen LogP contribution in [-0.4, -0.2) is 36.9 Å². The van der Waals surface area contributed by atoms with Gasteiger partial charge in [0.1, 0.15) is 5.82 Å². The molecule has 1 fully saturated rings. The molecule has 0 radical (unpaired) electrons. The van der Waals surface area contributed by atoms with E-state index in [2.05, 4.69) is 5.32 Å². The fourth-order valence-corrected chi connectivity index (χ4v) is 3.16. The number of hydrogen-bond acceptors (Lipinski definition) is 2. The first-order valence-electron chi connectivity index (χ1n) is 7.94. The lowest BCUT2D eigenvalue weighted by atomic mass is 9.91. The molecule has 2 amide bonds. The first kappa shape index (κ1) is 17.7. The van der Waals surface area contributed by atoms with Gasteiger partial charge < -0.3 is 10.2 Å². The minimum atomic E-state index is -0.458. The highest BCUT2D eigenvalue weighted by molar-refractivity contribution is 6.30. The van der Waals surface area contributed by atoms with Crippen molar-refractivity contribution in [1.29, 1.82) is 0 Å². The minimum Gasteiger partial charge on any atom is -0.359 e. The Balaban J connectivity index is 2.15. The molecule has 1 atom stereocenters. The van der Waals surface area contributed by atoms with Gasteiger partial charge in [0.05, 0.1) is 0 Å². The lowest BCUT2D eigenvalue weighted by molar-refractivity contribution is -0.132. The highest BCUT2D eigenvalue weighted by Crippen LogP contribution is 2.28. The molecule has 1 saturated heterocycles. The lowest BCUT2D eigenvalue weighted by Gasteiger charge is -2.28. The number of carbonyl (C=O) groups excluding carboxylic acids is 2. The Hall–Kier alpha value is -1.62. The fourth-order valence-electron chi connectivity index (χ4n) is 2.93. The molecule has 0 unspecified atom stereocenters. The maximum absolute atomic E-state index is 13.6. The number of rotatable bonds is 5. The molecule has 1 aromatic rings. The minimum absolute atomic E-state index is 0.0130. The van der Waals surface area contributed by atoms with Crippen molar-refractivity contribution in [3.8, 4) is 0 Å². The number of piperidine rings is 1. The molecule has 1 heterocycles. The smallest absolute Gasteiger partial charge is 0.223 e. The van der Waals surface area contributed by atoms with Gasteiger partial charge in [-0.05, 0) is 43.0 Å². The van der Waals surface area contributed by atoms with Crippen molar-refractivity contribution in [3.05, 3.63) is 34.6 Å². The van der Waals surface area contributed by atoms with Crippen LogP contribution >= 0.6 is 11.6 Å². The van der Waals surface area contributed by atoms with Crippen LogP contribution in [0.5, 0.6) is 0 Å². The van der Waals surface area contributed by atoms with Crippen molar-refractivity contribution < 1.29 is 14.0 Å². The molecule has 1 N–H and O–H groups in total. The van der Waals surface area contributed by atoms with E-state index in [0.717, 1.165) is 32.4 Å². The highest BCUT2D eigenvalue weighted by atomic mass is 35.5. The van der Waals surface area contributed by atoms with Crippen LogP contribution in [0.1, 0.15) is 43.6 Å². The van der Waals surface area contributed by atoms with Crippen LogP contribution in [-0.2, 0) is 9.59 Å². The largest absolute Gasteiger partial charge is 0.359 e. The highest BCUT2D eigenvalue weighted by Gasteiger charge is 2.24. The van der Waals surface area contributed by atoms with Crippen LogP contribution < -0.4 is 5.32 Å². The van der Waals surface area contributed by atoms with E-state index in [-0.39, 0.29) is 35.6 Å². The van der Waals surface area contributed by atoms with Gasteiger partial charge in [-0.25, -0.2) is 4.39 Å². The van der Waals surface area contributed by atoms with Gasteiger partial charge in [-0.1, -0.05) is 11.6 Å². The molecule has 0 aromatic heterocycles. The normalized spacial score (nSPS) is 16.0. The average molecular weight is 341 g/mol. The zero-order valence-corrected chi connectivity index (χ0v) is 14.0. The quantitative estimate of drug-likeness (QED) is 0.895. The Bertz CT molecular complexity index is 553. The predicted molar refractivity (Wildman–Crippen MR) is 87.9 cm³/mol. The van der Waals surface area contributed by atoms with Crippen LogP contribution in [0.2, 0.25) is 5.02 Å². The second-order valence-electron chi connectivity index (χ2n) is 5.92. The molecule has 2 rings (SSSR count). The molecule has 1 aliphatic heterocycles. The third-order valence-corrected chi connectivity index (χ3v) is 4.41. The Morgan fingerprint density at radius 3 is 2.52 bits per heavy atom. The molecule has 1 aromatic carbocycles. The van der Waals surface area contributed by atoms with Gasteiger partial charge in [-0.3, -0.25) is 9.59 Å². The van der Waals surface area contributed by atoms with E-state index in [0.29, 0.717) is 5.56 Å². The van der Waals surface area contributed by atoms with Crippen molar-refractivity contribution in [2.45, 2.75) is 38.0 Å². The lowest BCUT2D eigenvalue weighted by Crippen LogP contribution is -2.36. The number of carbonyl (C=O) groups is 2. The Morgan fingerprint density at radius 1 is 1.22 bits per heavy atom. The van der Waals surface area contributed by atoms with Gasteiger partial charge >= 0.3 is 0 Å². The summed E-state index contributed by atoms with van der Waals surface area (Å²) < 4.78 is 13.6. The monoisotopic (exact) mass is 340 g/mol. The standard InChI is InChI=1S/C17H22ClFN2O2/c1-20-16(22)9-13(12-7-14(18)11-15(19)8-12)10-17(23)21-5-3-2-4-6-21/h7-8,11,13H,2-6,9-10H2,1H3,(H,20,22)/t13-/m0/s1. The zero-order valence-electron chi connectivity index (χ0n) is 13.3. The van der Waals surface area contributed by atoms with E-state index in [1.807, 2.05) is 4.90 Å². The Labute approximate surface area is 141 Å². The molecule has 0 aliphatic carbocycles. The van der Waals surface area contributed by atoms with Crippen molar-refractivity contribution in [2.24, 2.45) is 0 Å². The molecule has 23 heavy (non-hydrogen) atoms. The maximum atomic E-state index is 13.6. The molecule has 6 heteroatoms. The van der Waals surface area contributed by atoms with Crippen molar-refractivity contribution in [1.82, 2.24) is 10.2 Å². The zero-order chi connectivity index (χ0) is 16.8. The number of nitrogens with zero attached hydrogens (tertiary/aromatic N) is 1. The SMILES string of the molecule is CNC(=O)C[C@@H](CC(=O)N1CCCCC1)c1cc(F)cc(Cl)c1. The summed E-state index contributed by atoms with van der Waals surface area (Å²) in [5.74, 6) is -1.00. The third kappa shape index (κ3) is 5.20. The van der Waals surface area contributed by atoms with Gasteiger partial charge in [-0.15, -0.1) is 0 Å². The van der Waals surface area contributed by atoms with E-state index >= 15 is 0 Å². The molecule has 4 nitrogen and oxygen atoms in total. The fraction of sp³-hybridized carbons (Fsp3) is 0.529. The summed E-state index contributed by atoms with van der Waals surface area (Å²) in [6.45, 7) is 1.52. The van der Waals surface area contributed by atoms with E-state index in [9.17, 15) is 14.0 Å². The van der Waals surface area contributed by atoms with E-state index in [1.165, 1.54) is 12.1 Å². The van der Waals surface area contributed by atoms with E-state index < -0.39 is 5.82 Å². The number of benzene rings is 1. The van der Waals surface area contributed by atoms with E-state index in [4.69, 9.17) is 11.6 Å². The summed E-state index contributed by atoms with van der Waals surface area (Å²) in [7, 11) is 1.55. The average Bonchev–Trinajstić information content (AvgIpc) is 2.53. The molecular formula is C17H22ClFN2O2. The van der Waals surface area contributed by atoms with Crippen LogP contribution in [0, 0.1) is 5.82 Å². The van der Waals surface area contributed by atoms with E-state index in [1.54, 1.807) is 13.1 Å². The summed E-state index contributed by atoms with van der Waals surface area (Å²) in [5, 5.41) is 2.83. The summed E-state index contributed by atoms with van der Waals surface area (Å²) >= 11 is 5.91. The van der Waals surface area contributed by atoms with Crippen LogP contribution in [0.4, 0.5) is 4.39 Å². The number of amides is 2. The molecular weight excluding hydrogens is 319 g/mol. The molecule has 0 saturated carbocycles. The molecule has 0 spiro atoms. The van der Waals surface area contributed by atoms with Crippen molar-refractivity contribution in [2.75, 3.05) is 20.1 Å². The number of likely N-dealkylation sites (tertiary alicyclic amines) is 1. The third-order valence-electron chi connectivity index (χ3n) is 4.20. The Morgan fingerprint density at radius 2 is 1.91 bits per heavy atom. The number of hydrogen-bond donors (Lipinski definition) is 1. The van der Waals surface area contributed by atoms with Gasteiger partial charge in [0.25, 0.3) is 0 Å². The number of nitrogens with one attached hydrogen (secondary N) is 1. The first-order valence-corrected chi connectivity index (χ1v) is 8.31. The summed E-state index contributed by atoms with van der Waals surface area (Å²) in [5.41, 5.74) is 0.587. The maximum Gasteiger partial charge on any atom is 0.223 e. The van der Waals surface area contributed by atoms with Crippen molar-refractivity contribution >= 4 is 23.4 Å². The van der Waals surface area contributed by atoms with Gasteiger partial charge in [0.15, 0.2) is 0 Å². The molecule has 126 valence electrons. The summed E-state index contributed by atoms with van der Waals surface area (Å²) in [6, 6.07) is 4.19. The van der Waals surface area contributed by atoms with Gasteiger partial charge in [0.2, 0.25) is 11.8 Å². The van der Waals surface area contributed by atoms with Gasteiger partial charge in [0, 0.05) is 43.9 Å². The topological polar surface area (TPSA) is 49.4 Å². The second kappa shape index (κ2) is 8.29.